The average molecular weight is 338 g/mol. The van der Waals surface area contributed by atoms with Crippen molar-refractivity contribution in [2.45, 2.75) is 13.0 Å². The van der Waals surface area contributed by atoms with Gasteiger partial charge in [-0.15, -0.1) is 0 Å². The van der Waals surface area contributed by atoms with Crippen LogP contribution in [0.4, 0.5) is 0 Å². The van der Waals surface area contributed by atoms with Gasteiger partial charge in [-0.1, -0.05) is 35.3 Å². The van der Waals surface area contributed by atoms with Gasteiger partial charge in [0.25, 0.3) is 5.91 Å². The fraction of sp³-hybridized carbons (Fsp3) is 0.188. The first-order chi connectivity index (χ1) is 10.6. The van der Waals surface area contributed by atoms with Crippen LogP contribution in [0, 0.1) is 0 Å². The molecule has 1 heterocycles. The number of ether oxygens (including phenoxy) is 2. The minimum atomic E-state index is -0.319. The van der Waals surface area contributed by atoms with Crippen molar-refractivity contribution in [2.24, 2.45) is 0 Å². The van der Waals surface area contributed by atoms with Gasteiger partial charge in [0.2, 0.25) is 6.79 Å². The number of carbonyl (C=O) groups is 1. The molecule has 0 aromatic heterocycles. The number of fused-ring (bicyclic) bond motifs is 1. The molecule has 1 aliphatic heterocycles. The first-order valence-electron chi connectivity index (χ1n) is 6.70. The summed E-state index contributed by atoms with van der Waals surface area (Å²) < 4.78 is 10.6. The minimum Gasteiger partial charge on any atom is -0.454 e. The summed E-state index contributed by atoms with van der Waals surface area (Å²) in [4.78, 5) is 12.4. The molecule has 0 bridgehead atoms. The third kappa shape index (κ3) is 2.85. The Bertz CT molecular complexity index is 713. The second kappa shape index (κ2) is 6.07. The summed E-state index contributed by atoms with van der Waals surface area (Å²) in [5.74, 6) is 1.06. The van der Waals surface area contributed by atoms with Gasteiger partial charge in [0.1, 0.15) is 0 Å². The van der Waals surface area contributed by atoms with Gasteiger partial charge >= 0.3 is 0 Å². The zero-order valence-corrected chi connectivity index (χ0v) is 13.2. The molecule has 0 spiro atoms. The molecule has 0 saturated heterocycles. The van der Waals surface area contributed by atoms with Crippen LogP contribution < -0.4 is 14.8 Å². The van der Waals surface area contributed by atoms with Crippen LogP contribution in [0.15, 0.2) is 36.4 Å². The van der Waals surface area contributed by atoms with Crippen LogP contribution in [0.1, 0.15) is 28.9 Å². The smallest absolute Gasteiger partial charge is 0.254 e. The van der Waals surface area contributed by atoms with Crippen LogP contribution in [-0.2, 0) is 0 Å². The summed E-state index contributed by atoms with van der Waals surface area (Å²) >= 11 is 12.1. The molecule has 22 heavy (non-hydrogen) atoms. The fourth-order valence-electron chi connectivity index (χ4n) is 2.25. The van der Waals surface area contributed by atoms with Crippen molar-refractivity contribution < 1.29 is 14.3 Å². The number of carbonyl (C=O) groups excluding carboxylic acids is 1. The highest BCUT2D eigenvalue weighted by atomic mass is 35.5. The Morgan fingerprint density at radius 1 is 1.14 bits per heavy atom. The quantitative estimate of drug-likeness (QED) is 0.912. The maximum absolute atomic E-state index is 12.4. The molecule has 2 aromatic carbocycles. The number of amides is 1. The molecule has 0 saturated carbocycles. The lowest BCUT2D eigenvalue weighted by Gasteiger charge is -2.16. The van der Waals surface area contributed by atoms with Gasteiger partial charge in [-0.25, -0.2) is 0 Å². The summed E-state index contributed by atoms with van der Waals surface area (Å²) in [6.07, 6.45) is 0. The Kier molecular flexibility index (Phi) is 4.14. The van der Waals surface area contributed by atoms with Crippen molar-refractivity contribution in [2.75, 3.05) is 6.79 Å². The van der Waals surface area contributed by atoms with Gasteiger partial charge < -0.3 is 14.8 Å². The average Bonchev–Trinajstić information content (AvgIpc) is 2.94. The highest BCUT2D eigenvalue weighted by Crippen LogP contribution is 2.34. The molecular formula is C16H13Cl2NO3. The van der Waals surface area contributed by atoms with Gasteiger partial charge in [0, 0.05) is 0 Å². The highest BCUT2D eigenvalue weighted by Gasteiger charge is 2.19. The molecule has 1 amide bonds. The molecule has 1 unspecified atom stereocenters. The predicted octanol–water partition coefficient (Wildman–Crippen LogP) is 4.21. The van der Waals surface area contributed by atoms with E-state index in [-0.39, 0.29) is 24.3 Å². The largest absolute Gasteiger partial charge is 0.454 e. The number of rotatable bonds is 3. The maximum Gasteiger partial charge on any atom is 0.254 e. The van der Waals surface area contributed by atoms with Crippen molar-refractivity contribution >= 4 is 29.1 Å². The van der Waals surface area contributed by atoms with Crippen LogP contribution in [0.25, 0.3) is 0 Å². The van der Waals surface area contributed by atoms with E-state index in [0.29, 0.717) is 21.5 Å². The van der Waals surface area contributed by atoms with Gasteiger partial charge in [-0.05, 0) is 36.8 Å². The van der Waals surface area contributed by atoms with E-state index in [2.05, 4.69) is 5.32 Å². The third-order valence-corrected chi connectivity index (χ3v) is 4.06. The number of hydrogen-bond donors (Lipinski definition) is 1. The topological polar surface area (TPSA) is 47.6 Å². The van der Waals surface area contributed by atoms with E-state index in [9.17, 15) is 4.79 Å². The summed E-state index contributed by atoms with van der Waals surface area (Å²) in [6, 6.07) is 10.3. The van der Waals surface area contributed by atoms with Crippen LogP contribution in [-0.4, -0.2) is 12.7 Å². The third-order valence-electron chi connectivity index (χ3n) is 3.43. The molecule has 4 nitrogen and oxygen atoms in total. The molecule has 1 atom stereocenters. The molecule has 114 valence electrons. The van der Waals surface area contributed by atoms with Crippen molar-refractivity contribution in [3.63, 3.8) is 0 Å². The number of halogens is 2. The van der Waals surface area contributed by atoms with Crippen molar-refractivity contribution in [3.05, 3.63) is 57.6 Å². The Hall–Kier alpha value is -1.91. The predicted molar refractivity (Wildman–Crippen MR) is 84.9 cm³/mol. The Morgan fingerprint density at radius 2 is 1.82 bits per heavy atom. The Balaban J connectivity index is 1.79. The van der Waals surface area contributed by atoms with E-state index >= 15 is 0 Å². The maximum atomic E-state index is 12.4. The zero-order chi connectivity index (χ0) is 15.7. The van der Waals surface area contributed by atoms with E-state index in [0.717, 1.165) is 5.56 Å². The van der Waals surface area contributed by atoms with Gasteiger partial charge in [-0.3, -0.25) is 4.79 Å². The molecular weight excluding hydrogens is 325 g/mol. The summed E-state index contributed by atoms with van der Waals surface area (Å²) in [5.41, 5.74) is 1.18. The monoisotopic (exact) mass is 337 g/mol. The number of benzene rings is 2. The van der Waals surface area contributed by atoms with Crippen LogP contribution in [0.2, 0.25) is 10.0 Å². The molecule has 6 heteroatoms. The van der Waals surface area contributed by atoms with E-state index in [1.165, 1.54) is 0 Å². The molecule has 2 aromatic rings. The minimum absolute atomic E-state index is 0.217. The molecule has 1 aliphatic rings. The second-order valence-corrected chi connectivity index (χ2v) is 5.72. The number of hydrogen-bond acceptors (Lipinski definition) is 3. The number of nitrogens with one attached hydrogen (secondary N) is 1. The molecule has 1 N–H and O–H groups in total. The lowest BCUT2D eigenvalue weighted by atomic mass is 10.1. The molecule has 0 fully saturated rings. The lowest BCUT2D eigenvalue weighted by Crippen LogP contribution is -2.27. The summed E-state index contributed by atoms with van der Waals surface area (Å²) in [5, 5.41) is 3.53. The van der Waals surface area contributed by atoms with Crippen molar-refractivity contribution in [1.82, 2.24) is 5.32 Å². The van der Waals surface area contributed by atoms with E-state index < -0.39 is 0 Å². The molecule has 0 aliphatic carbocycles. The zero-order valence-electron chi connectivity index (χ0n) is 11.7. The molecule has 0 radical (unpaired) electrons. The van der Waals surface area contributed by atoms with Gasteiger partial charge in [0.15, 0.2) is 11.5 Å². The lowest BCUT2D eigenvalue weighted by molar-refractivity contribution is 0.0940. The fourth-order valence-corrected chi connectivity index (χ4v) is 2.82. The second-order valence-electron chi connectivity index (χ2n) is 4.90. The van der Waals surface area contributed by atoms with Gasteiger partial charge in [-0.2, -0.15) is 0 Å². The summed E-state index contributed by atoms with van der Waals surface area (Å²) in [7, 11) is 0. The standard InChI is InChI=1S/C16H13Cl2NO3/c1-9(10-5-6-13-14(7-10)22-8-21-13)19-16(20)15-11(17)3-2-4-12(15)18/h2-7,9H,8H2,1H3,(H,19,20). The van der Waals surface area contributed by atoms with Gasteiger partial charge in [0.05, 0.1) is 21.7 Å². The van der Waals surface area contributed by atoms with Crippen LogP contribution >= 0.6 is 23.2 Å². The highest BCUT2D eigenvalue weighted by molar-refractivity contribution is 6.39. The normalized spacial score (nSPS) is 13.8. The van der Waals surface area contributed by atoms with Crippen molar-refractivity contribution in [3.8, 4) is 11.5 Å². The van der Waals surface area contributed by atoms with Crippen LogP contribution in [0.5, 0.6) is 11.5 Å². The van der Waals surface area contributed by atoms with Crippen LogP contribution in [0.3, 0.4) is 0 Å². The SMILES string of the molecule is CC(NC(=O)c1c(Cl)cccc1Cl)c1ccc2c(c1)OCO2. The Morgan fingerprint density at radius 3 is 2.55 bits per heavy atom. The molecule has 3 rings (SSSR count). The first kappa shape index (κ1) is 15.0. The van der Waals surface area contributed by atoms with E-state index in [4.69, 9.17) is 32.7 Å². The van der Waals surface area contributed by atoms with Crippen molar-refractivity contribution in [1.29, 1.82) is 0 Å². The first-order valence-corrected chi connectivity index (χ1v) is 7.46. The summed E-state index contributed by atoms with van der Waals surface area (Å²) in [6.45, 7) is 2.09. The van der Waals surface area contributed by atoms with E-state index in [1.54, 1.807) is 18.2 Å². The van der Waals surface area contributed by atoms with E-state index in [1.807, 2.05) is 25.1 Å². The Labute approximate surface area is 137 Å².